The molecule has 0 aliphatic carbocycles. The van der Waals surface area contributed by atoms with E-state index in [1.807, 2.05) is 25.1 Å². The van der Waals surface area contributed by atoms with Crippen LogP contribution >= 0.6 is 12.2 Å². The molecule has 1 atom stereocenters. The van der Waals surface area contributed by atoms with E-state index in [1.54, 1.807) is 17.0 Å². The zero-order chi connectivity index (χ0) is 17.9. The van der Waals surface area contributed by atoms with Crippen LogP contribution in [0.25, 0.3) is 11.7 Å². The van der Waals surface area contributed by atoms with Gasteiger partial charge in [0.1, 0.15) is 5.75 Å². The fourth-order valence-corrected chi connectivity index (χ4v) is 3.57. The summed E-state index contributed by atoms with van der Waals surface area (Å²) in [5.41, 5.74) is 1.28. The first-order valence-electron chi connectivity index (χ1n) is 8.83. The molecular formula is C19H21N3O3S. The molecule has 0 bridgehead atoms. The molecule has 4 rings (SSSR count). The molecule has 136 valence electrons. The van der Waals surface area contributed by atoms with Crippen molar-refractivity contribution in [1.29, 1.82) is 0 Å². The Bertz CT molecular complexity index is 899. The second kappa shape index (κ2) is 7.47. The molecule has 0 unspecified atom stereocenters. The minimum Gasteiger partial charge on any atom is -0.494 e. The Kier molecular flexibility index (Phi) is 4.90. The minimum absolute atomic E-state index is 0.344. The van der Waals surface area contributed by atoms with Crippen molar-refractivity contribution in [2.24, 2.45) is 0 Å². The van der Waals surface area contributed by atoms with Crippen LogP contribution in [0, 0.1) is 4.84 Å². The molecule has 1 aliphatic rings. The van der Waals surface area contributed by atoms with Gasteiger partial charge < -0.3 is 13.6 Å². The fraction of sp³-hybridized carbons (Fsp3) is 0.368. The summed E-state index contributed by atoms with van der Waals surface area (Å²) < 4.78 is 18.2. The number of rotatable bonds is 6. The highest BCUT2D eigenvalue weighted by molar-refractivity contribution is 7.71. The lowest BCUT2D eigenvalue weighted by molar-refractivity contribution is 0.187. The zero-order valence-corrected chi connectivity index (χ0v) is 15.4. The summed E-state index contributed by atoms with van der Waals surface area (Å²) in [4.78, 5) is 2.73. The van der Waals surface area contributed by atoms with Crippen molar-refractivity contribution in [1.82, 2.24) is 14.7 Å². The molecule has 0 amide bonds. The molecule has 2 aromatic heterocycles. The number of hydrogen-bond donors (Lipinski definition) is 0. The molecule has 1 fully saturated rings. The smallest absolute Gasteiger partial charge is 0.288 e. The molecule has 1 saturated heterocycles. The van der Waals surface area contributed by atoms with Gasteiger partial charge in [-0.1, -0.05) is 12.1 Å². The SMILES string of the molecule is CCOc1ccc([C@H]2CCCN2Cn2nc(-c3ccco3)oc2=S)cc1. The molecule has 1 aliphatic heterocycles. The van der Waals surface area contributed by atoms with Gasteiger partial charge in [0.25, 0.3) is 10.7 Å². The maximum absolute atomic E-state index is 5.58. The maximum atomic E-state index is 5.58. The molecule has 0 saturated carbocycles. The highest BCUT2D eigenvalue weighted by atomic mass is 32.1. The number of aromatic nitrogens is 2. The minimum atomic E-state index is 0.344. The molecular weight excluding hydrogens is 350 g/mol. The monoisotopic (exact) mass is 371 g/mol. The standard InChI is InChI=1S/C19H21N3O3S/c1-2-23-15-9-7-14(8-10-15)16-5-3-11-21(16)13-22-19(26)25-18(20-22)17-6-4-12-24-17/h4,6-10,12,16H,2-3,5,11,13H2,1H3/t16-/m1/s1. The summed E-state index contributed by atoms with van der Waals surface area (Å²) in [6, 6.07) is 12.3. The second-order valence-corrected chi connectivity index (χ2v) is 6.61. The van der Waals surface area contributed by atoms with E-state index in [0.29, 0.717) is 35.8 Å². The molecule has 3 heterocycles. The van der Waals surface area contributed by atoms with Crippen LogP contribution in [0.15, 0.2) is 51.5 Å². The van der Waals surface area contributed by atoms with Gasteiger partial charge in [-0.05, 0) is 61.8 Å². The Morgan fingerprint density at radius 2 is 2.12 bits per heavy atom. The van der Waals surface area contributed by atoms with Crippen LogP contribution in [-0.2, 0) is 6.67 Å². The third kappa shape index (κ3) is 3.45. The van der Waals surface area contributed by atoms with E-state index >= 15 is 0 Å². The predicted molar refractivity (Wildman–Crippen MR) is 99.3 cm³/mol. The van der Waals surface area contributed by atoms with Gasteiger partial charge in [-0.2, -0.15) is 0 Å². The lowest BCUT2D eigenvalue weighted by Crippen LogP contribution is -2.26. The van der Waals surface area contributed by atoms with Gasteiger partial charge in [0.15, 0.2) is 5.76 Å². The molecule has 3 aromatic rings. The van der Waals surface area contributed by atoms with E-state index in [2.05, 4.69) is 22.1 Å². The highest BCUT2D eigenvalue weighted by Gasteiger charge is 2.27. The molecule has 26 heavy (non-hydrogen) atoms. The van der Waals surface area contributed by atoms with Crippen molar-refractivity contribution >= 4 is 12.2 Å². The van der Waals surface area contributed by atoms with E-state index in [0.717, 1.165) is 25.1 Å². The quantitative estimate of drug-likeness (QED) is 0.588. The first kappa shape index (κ1) is 17.1. The largest absolute Gasteiger partial charge is 0.494 e. The first-order chi connectivity index (χ1) is 12.7. The van der Waals surface area contributed by atoms with Gasteiger partial charge in [0.2, 0.25) is 0 Å². The van der Waals surface area contributed by atoms with Crippen LogP contribution in [0.3, 0.4) is 0 Å². The summed E-state index contributed by atoms with van der Waals surface area (Å²) >= 11 is 5.33. The van der Waals surface area contributed by atoms with Gasteiger partial charge >= 0.3 is 0 Å². The van der Waals surface area contributed by atoms with Crippen molar-refractivity contribution in [2.45, 2.75) is 32.5 Å². The van der Waals surface area contributed by atoms with E-state index in [1.165, 1.54) is 5.56 Å². The summed E-state index contributed by atoms with van der Waals surface area (Å²) in [5, 5.41) is 4.47. The van der Waals surface area contributed by atoms with Gasteiger partial charge in [0.05, 0.1) is 19.5 Å². The highest BCUT2D eigenvalue weighted by Crippen LogP contribution is 2.33. The van der Waals surface area contributed by atoms with Gasteiger partial charge in [0, 0.05) is 12.6 Å². The fourth-order valence-electron chi connectivity index (χ4n) is 3.39. The van der Waals surface area contributed by atoms with Gasteiger partial charge in [-0.25, -0.2) is 4.68 Å². The lowest BCUT2D eigenvalue weighted by Gasteiger charge is -2.24. The van der Waals surface area contributed by atoms with Crippen molar-refractivity contribution in [3.05, 3.63) is 53.1 Å². The lowest BCUT2D eigenvalue weighted by atomic mass is 10.0. The van der Waals surface area contributed by atoms with Crippen molar-refractivity contribution in [3.8, 4) is 17.4 Å². The van der Waals surface area contributed by atoms with E-state index in [-0.39, 0.29) is 0 Å². The Balaban J connectivity index is 1.51. The van der Waals surface area contributed by atoms with Crippen LogP contribution in [-0.4, -0.2) is 27.8 Å². The Hall–Kier alpha value is -2.38. The summed E-state index contributed by atoms with van der Waals surface area (Å²) in [7, 11) is 0. The van der Waals surface area contributed by atoms with Crippen LogP contribution < -0.4 is 4.74 Å². The topological polar surface area (TPSA) is 56.6 Å². The number of ether oxygens (including phenoxy) is 1. The van der Waals surface area contributed by atoms with E-state index < -0.39 is 0 Å². The average Bonchev–Trinajstić information content (AvgIpc) is 3.38. The molecule has 6 nitrogen and oxygen atoms in total. The first-order valence-corrected chi connectivity index (χ1v) is 9.24. The van der Waals surface area contributed by atoms with Gasteiger partial charge in [-0.15, -0.1) is 5.10 Å². The van der Waals surface area contributed by atoms with Gasteiger partial charge in [-0.3, -0.25) is 4.90 Å². The number of benzene rings is 1. The second-order valence-electron chi connectivity index (χ2n) is 6.26. The van der Waals surface area contributed by atoms with Crippen LogP contribution in [0.1, 0.15) is 31.4 Å². The van der Waals surface area contributed by atoms with Crippen molar-refractivity contribution in [2.75, 3.05) is 13.2 Å². The summed E-state index contributed by atoms with van der Waals surface area (Å²) in [5.74, 6) is 1.90. The van der Waals surface area contributed by atoms with Crippen molar-refractivity contribution in [3.63, 3.8) is 0 Å². The molecule has 0 spiro atoms. The molecule has 0 radical (unpaired) electrons. The van der Waals surface area contributed by atoms with Crippen LogP contribution in [0.5, 0.6) is 5.75 Å². The van der Waals surface area contributed by atoms with E-state index in [4.69, 9.17) is 25.8 Å². The zero-order valence-electron chi connectivity index (χ0n) is 14.6. The normalized spacial score (nSPS) is 17.7. The van der Waals surface area contributed by atoms with Crippen LogP contribution in [0.2, 0.25) is 0 Å². The molecule has 1 aromatic carbocycles. The molecule has 0 N–H and O–H groups in total. The number of likely N-dealkylation sites (tertiary alicyclic amines) is 1. The Labute approximate surface area is 157 Å². The molecule has 7 heteroatoms. The Morgan fingerprint density at radius 1 is 1.27 bits per heavy atom. The third-order valence-electron chi connectivity index (χ3n) is 4.59. The number of hydrogen-bond acceptors (Lipinski definition) is 6. The summed E-state index contributed by atoms with van der Waals surface area (Å²) in [6.07, 6.45) is 3.85. The third-order valence-corrected chi connectivity index (χ3v) is 4.89. The predicted octanol–water partition coefficient (Wildman–Crippen LogP) is 4.66. The average molecular weight is 371 g/mol. The number of nitrogens with zero attached hydrogens (tertiary/aromatic N) is 3. The van der Waals surface area contributed by atoms with Crippen molar-refractivity contribution < 1.29 is 13.6 Å². The van der Waals surface area contributed by atoms with E-state index in [9.17, 15) is 0 Å². The Morgan fingerprint density at radius 3 is 2.85 bits per heavy atom. The maximum Gasteiger partial charge on any atom is 0.288 e. The number of furan rings is 1. The summed E-state index contributed by atoms with van der Waals surface area (Å²) in [6.45, 7) is 4.27. The van der Waals surface area contributed by atoms with Crippen LogP contribution in [0.4, 0.5) is 0 Å².